The molecule has 0 saturated heterocycles. The van der Waals surface area contributed by atoms with Gasteiger partial charge in [-0.05, 0) is 55.1 Å². The summed E-state index contributed by atoms with van der Waals surface area (Å²) in [6.07, 6.45) is 4.16. The third-order valence-corrected chi connectivity index (χ3v) is 6.10. The van der Waals surface area contributed by atoms with Crippen molar-refractivity contribution in [2.45, 2.75) is 19.3 Å². The Labute approximate surface area is 104 Å². The molecule has 0 aromatic carbocycles. The molecule has 3 heteroatoms. The summed E-state index contributed by atoms with van der Waals surface area (Å²) >= 11 is 7.33. The lowest BCUT2D eigenvalue weighted by molar-refractivity contribution is 0.0948. The lowest BCUT2D eigenvalue weighted by Gasteiger charge is -2.06. The molecule has 1 aromatic heterocycles. The van der Waals surface area contributed by atoms with Gasteiger partial charge in [0.15, 0.2) is 5.78 Å². The number of carbonyl (C=O) groups excluding carboxylic acids is 1. The van der Waals surface area contributed by atoms with Crippen molar-refractivity contribution >= 4 is 28.7 Å². The van der Waals surface area contributed by atoms with Crippen molar-refractivity contribution in [2.24, 2.45) is 29.6 Å². The van der Waals surface area contributed by atoms with Crippen LogP contribution < -0.4 is 0 Å². The van der Waals surface area contributed by atoms with Crippen LogP contribution in [0.4, 0.5) is 0 Å². The predicted octanol–water partition coefficient (Wildman–Crippen LogP) is 3.88. The van der Waals surface area contributed by atoms with E-state index in [9.17, 15) is 4.79 Å². The molecule has 1 heterocycles. The summed E-state index contributed by atoms with van der Waals surface area (Å²) in [4.78, 5) is 13.2. The van der Waals surface area contributed by atoms with Crippen LogP contribution in [-0.2, 0) is 0 Å². The van der Waals surface area contributed by atoms with E-state index in [0.717, 1.165) is 32.9 Å². The Kier molecular flexibility index (Phi) is 1.88. The highest BCUT2D eigenvalue weighted by atomic mass is 35.5. The monoisotopic (exact) mass is 252 g/mol. The third-order valence-electron chi connectivity index (χ3n) is 4.85. The van der Waals surface area contributed by atoms with E-state index in [-0.39, 0.29) is 0 Å². The summed E-state index contributed by atoms with van der Waals surface area (Å²) in [5.74, 6) is 3.97. The van der Waals surface area contributed by atoms with Gasteiger partial charge in [0.05, 0.1) is 9.21 Å². The number of carbonyl (C=O) groups is 1. The van der Waals surface area contributed by atoms with Crippen LogP contribution in [0.2, 0.25) is 4.34 Å². The summed E-state index contributed by atoms with van der Waals surface area (Å²) in [5.41, 5.74) is 0. The number of hydrogen-bond acceptors (Lipinski definition) is 2. The van der Waals surface area contributed by atoms with Crippen molar-refractivity contribution < 1.29 is 4.79 Å². The average Bonchev–Trinajstić information content (AvgIpc) is 2.68. The molecule has 3 aliphatic carbocycles. The second-order valence-corrected chi connectivity index (χ2v) is 7.20. The molecule has 16 heavy (non-hydrogen) atoms. The van der Waals surface area contributed by atoms with Crippen LogP contribution in [0.15, 0.2) is 12.1 Å². The van der Waals surface area contributed by atoms with Crippen molar-refractivity contribution in [3.63, 3.8) is 0 Å². The summed E-state index contributed by atoms with van der Waals surface area (Å²) in [6.45, 7) is 0. The van der Waals surface area contributed by atoms with Gasteiger partial charge >= 0.3 is 0 Å². The van der Waals surface area contributed by atoms with Gasteiger partial charge in [-0.2, -0.15) is 0 Å². The molecule has 4 rings (SSSR count). The highest BCUT2D eigenvalue weighted by Gasteiger charge is 2.67. The molecule has 84 valence electrons. The van der Waals surface area contributed by atoms with Crippen molar-refractivity contribution in [2.75, 3.05) is 0 Å². The zero-order chi connectivity index (χ0) is 10.9. The van der Waals surface area contributed by atoms with E-state index >= 15 is 0 Å². The normalized spacial score (nSPS) is 43.4. The smallest absolute Gasteiger partial charge is 0.176 e. The summed E-state index contributed by atoms with van der Waals surface area (Å²) in [7, 11) is 0. The van der Waals surface area contributed by atoms with Gasteiger partial charge < -0.3 is 0 Å². The molecule has 3 fully saturated rings. The second-order valence-electron chi connectivity index (χ2n) is 5.48. The molecule has 3 aliphatic rings. The molecule has 1 aromatic rings. The van der Waals surface area contributed by atoms with Gasteiger partial charge in [0.25, 0.3) is 0 Å². The van der Waals surface area contributed by atoms with E-state index in [1.165, 1.54) is 30.6 Å². The molecule has 0 aliphatic heterocycles. The molecule has 0 N–H and O–H groups in total. The molecule has 3 saturated carbocycles. The Bertz CT molecular complexity index is 450. The quantitative estimate of drug-likeness (QED) is 0.730. The van der Waals surface area contributed by atoms with Crippen molar-refractivity contribution in [1.82, 2.24) is 0 Å². The number of rotatable bonds is 2. The Morgan fingerprint density at radius 3 is 2.50 bits per heavy atom. The fourth-order valence-corrected chi connectivity index (χ4v) is 5.32. The van der Waals surface area contributed by atoms with Gasteiger partial charge in [-0.15, -0.1) is 11.3 Å². The maximum Gasteiger partial charge on any atom is 0.176 e. The topological polar surface area (TPSA) is 17.1 Å². The molecule has 2 bridgehead atoms. The van der Waals surface area contributed by atoms with E-state index in [1.807, 2.05) is 12.1 Å². The Balaban J connectivity index is 1.59. The average molecular weight is 253 g/mol. The van der Waals surface area contributed by atoms with Crippen LogP contribution >= 0.6 is 22.9 Å². The molecular formula is C13H13ClOS. The minimum Gasteiger partial charge on any atom is -0.293 e. The zero-order valence-electron chi connectivity index (χ0n) is 8.86. The van der Waals surface area contributed by atoms with Crippen molar-refractivity contribution in [3.8, 4) is 0 Å². The summed E-state index contributed by atoms with van der Waals surface area (Å²) in [6, 6.07) is 3.73. The number of Topliss-reactive ketones (excluding diaryl/α,β-unsaturated/α-hetero) is 1. The van der Waals surface area contributed by atoms with Gasteiger partial charge in [-0.1, -0.05) is 11.6 Å². The maximum absolute atomic E-state index is 12.3. The van der Waals surface area contributed by atoms with Gasteiger partial charge in [0, 0.05) is 5.92 Å². The van der Waals surface area contributed by atoms with E-state index in [0.29, 0.717) is 11.7 Å². The predicted molar refractivity (Wildman–Crippen MR) is 65.0 cm³/mol. The minimum atomic E-state index is 0.362. The Morgan fingerprint density at radius 1 is 1.25 bits per heavy atom. The molecule has 4 atom stereocenters. The zero-order valence-corrected chi connectivity index (χ0v) is 10.4. The number of thiophene rings is 1. The van der Waals surface area contributed by atoms with Crippen LogP contribution in [0.5, 0.6) is 0 Å². The number of hydrogen-bond donors (Lipinski definition) is 0. The van der Waals surface area contributed by atoms with Crippen LogP contribution in [0.1, 0.15) is 28.9 Å². The Morgan fingerprint density at radius 2 is 1.94 bits per heavy atom. The van der Waals surface area contributed by atoms with E-state index in [4.69, 9.17) is 11.6 Å². The van der Waals surface area contributed by atoms with E-state index in [2.05, 4.69) is 0 Å². The fraction of sp³-hybridized carbons (Fsp3) is 0.615. The molecule has 0 radical (unpaired) electrons. The first-order chi connectivity index (χ1) is 7.75. The molecular weight excluding hydrogens is 240 g/mol. The third kappa shape index (κ3) is 1.15. The lowest BCUT2D eigenvalue weighted by atomic mass is 9.99. The molecule has 0 amide bonds. The van der Waals surface area contributed by atoms with Gasteiger partial charge in [0.1, 0.15) is 0 Å². The number of halogens is 1. The van der Waals surface area contributed by atoms with Crippen LogP contribution in [0.25, 0.3) is 0 Å². The standard InChI is InChI=1S/C13H13ClOS/c14-9-4-3-8(16-9)13(15)12-10-6-1-2-7(5-6)11(10)12/h3-4,6-7,10-12H,1-2,5H2. The molecule has 1 nitrogen and oxygen atoms in total. The molecule has 4 unspecified atom stereocenters. The highest BCUT2D eigenvalue weighted by Crippen LogP contribution is 2.70. The van der Waals surface area contributed by atoms with Crippen molar-refractivity contribution in [1.29, 1.82) is 0 Å². The van der Waals surface area contributed by atoms with Crippen molar-refractivity contribution in [3.05, 3.63) is 21.3 Å². The van der Waals surface area contributed by atoms with Crippen LogP contribution in [-0.4, -0.2) is 5.78 Å². The number of fused-ring (bicyclic) bond motifs is 5. The first-order valence-corrected chi connectivity index (χ1v) is 7.24. The first kappa shape index (κ1) is 9.67. The largest absolute Gasteiger partial charge is 0.293 e. The highest BCUT2D eigenvalue weighted by molar-refractivity contribution is 7.18. The fourth-order valence-electron chi connectivity index (χ4n) is 4.29. The first-order valence-electron chi connectivity index (χ1n) is 6.05. The summed E-state index contributed by atoms with van der Waals surface area (Å²) in [5, 5.41) is 0. The number of ketones is 1. The lowest BCUT2D eigenvalue weighted by Crippen LogP contribution is -2.08. The minimum absolute atomic E-state index is 0.362. The molecule has 0 spiro atoms. The van der Waals surface area contributed by atoms with Gasteiger partial charge in [0.2, 0.25) is 0 Å². The van der Waals surface area contributed by atoms with E-state index < -0.39 is 0 Å². The van der Waals surface area contributed by atoms with Crippen LogP contribution in [0.3, 0.4) is 0 Å². The summed E-state index contributed by atoms with van der Waals surface area (Å²) < 4.78 is 0.733. The van der Waals surface area contributed by atoms with Crippen LogP contribution in [0, 0.1) is 29.6 Å². The van der Waals surface area contributed by atoms with Gasteiger partial charge in [-0.25, -0.2) is 0 Å². The Hall–Kier alpha value is -0.340. The van der Waals surface area contributed by atoms with E-state index in [1.54, 1.807) is 0 Å². The SMILES string of the molecule is O=C(c1ccc(Cl)s1)C1C2C3CCC(C3)C12. The second kappa shape index (κ2) is 3.11. The maximum atomic E-state index is 12.3. The van der Waals surface area contributed by atoms with Gasteiger partial charge in [-0.3, -0.25) is 4.79 Å².